The highest BCUT2D eigenvalue weighted by atomic mass is 79.9. The van der Waals surface area contributed by atoms with Crippen LogP contribution >= 0.6 is 39.1 Å². The van der Waals surface area contributed by atoms with E-state index >= 15 is 0 Å². The Hall–Kier alpha value is -1.02. The fraction of sp³-hybridized carbons (Fsp3) is 0. The second-order valence-electron chi connectivity index (χ2n) is 3.77. The van der Waals surface area contributed by atoms with Crippen LogP contribution in [0.4, 0.5) is 11.4 Å². The van der Waals surface area contributed by atoms with Gasteiger partial charge in [-0.2, -0.15) is 0 Å². The maximum Gasteiger partial charge on any atom is 0.264 e. The molecule has 0 amide bonds. The van der Waals surface area contributed by atoms with Crippen LogP contribution in [0.2, 0.25) is 10.0 Å². The number of anilines is 2. The van der Waals surface area contributed by atoms with Crippen molar-refractivity contribution < 1.29 is 8.42 Å². The van der Waals surface area contributed by atoms with E-state index in [1.165, 1.54) is 30.6 Å². The van der Waals surface area contributed by atoms with Gasteiger partial charge in [0.2, 0.25) is 0 Å². The highest BCUT2D eigenvalue weighted by Gasteiger charge is 2.23. The Morgan fingerprint density at radius 1 is 1.25 bits per heavy atom. The van der Waals surface area contributed by atoms with Gasteiger partial charge in [-0.05, 0) is 34.1 Å². The number of sulfonamides is 1. The van der Waals surface area contributed by atoms with Crippen LogP contribution in [0.5, 0.6) is 0 Å². The van der Waals surface area contributed by atoms with E-state index in [-0.39, 0.29) is 20.6 Å². The van der Waals surface area contributed by atoms with E-state index in [4.69, 9.17) is 28.9 Å². The summed E-state index contributed by atoms with van der Waals surface area (Å²) in [5.74, 6) is 0. The van der Waals surface area contributed by atoms with Crippen molar-refractivity contribution in [3.8, 4) is 0 Å². The largest absolute Gasteiger partial charge is 0.399 e. The van der Waals surface area contributed by atoms with Crippen molar-refractivity contribution in [3.05, 3.63) is 45.1 Å². The number of nitrogens with zero attached hydrogens (tertiary/aromatic N) is 1. The normalized spacial score (nSPS) is 11.3. The number of hydrogen-bond acceptors (Lipinski definition) is 4. The summed E-state index contributed by atoms with van der Waals surface area (Å²) >= 11 is 15.0. The van der Waals surface area contributed by atoms with Gasteiger partial charge in [0.1, 0.15) is 4.90 Å². The average molecular weight is 397 g/mol. The summed E-state index contributed by atoms with van der Waals surface area (Å²) in [4.78, 5) is 3.62. The number of halogens is 3. The van der Waals surface area contributed by atoms with E-state index < -0.39 is 10.0 Å². The van der Waals surface area contributed by atoms with Crippen LogP contribution < -0.4 is 10.5 Å². The van der Waals surface area contributed by atoms with Crippen molar-refractivity contribution in [1.29, 1.82) is 0 Å². The molecule has 0 saturated heterocycles. The van der Waals surface area contributed by atoms with Crippen molar-refractivity contribution in [2.75, 3.05) is 10.5 Å². The zero-order valence-electron chi connectivity index (χ0n) is 9.77. The van der Waals surface area contributed by atoms with E-state index in [0.717, 1.165) is 0 Å². The summed E-state index contributed by atoms with van der Waals surface area (Å²) in [5, 5.41) is -0.0969. The lowest BCUT2D eigenvalue weighted by atomic mass is 10.3. The first-order chi connectivity index (χ1) is 9.31. The first kappa shape index (κ1) is 15.4. The summed E-state index contributed by atoms with van der Waals surface area (Å²) < 4.78 is 27.6. The van der Waals surface area contributed by atoms with Crippen LogP contribution in [0, 0.1) is 0 Å². The van der Waals surface area contributed by atoms with Gasteiger partial charge in [0.05, 0.1) is 20.2 Å². The van der Waals surface area contributed by atoms with E-state index in [2.05, 4.69) is 25.6 Å². The van der Waals surface area contributed by atoms with Gasteiger partial charge in [0, 0.05) is 18.1 Å². The lowest BCUT2D eigenvalue weighted by molar-refractivity contribution is 0.601. The van der Waals surface area contributed by atoms with Gasteiger partial charge in [0.25, 0.3) is 10.0 Å². The predicted octanol–water partition coefficient (Wildman–Crippen LogP) is 3.53. The quantitative estimate of drug-likeness (QED) is 0.777. The molecule has 9 heteroatoms. The molecule has 0 fully saturated rings. The van der Waals surface area contributed by atoms with Crippen LogP contribution in [0.3, 0.4) is 0 Å². The van der Waals surface area contributed by atoms with E-state index in [1.807, 2.05) is 0 Å². The molecule has 0 aliphatic carbocycles. The Labute approximate surface area is 134 Å². The van der Waals surface area contributed by atoms with Crippen LogP contribution in [0.25, 0.3) is 0 Å². The van der Waals surface area contributed by atoms with Gasteiger partial charge >= 0.3 is 0 Å². The van der Waals surface area contributed by atoms with Gasteiger partial charge in [-0.15, -0.1) is 0 Å². The third-order valence-electron chi connectivity index (χ3n) is 2.31. The molecule has 0 bridgehead atoms. The highest BCUT2D eigenvalue weighted by molar-refractivity contribution is 9.10. The molecule has 5 nitrogen and oxygen atoms in total. The minimum absolute atomic E-state index is 0.0484. The second kappa shape index (κ2) is 5.77. The number of rotatable bonds is 3. The summed E-state index contributed by atoms with van der Waals surface area (Å²) in [6, 6.07) is 4.15. The van der Waals surface area contributed by atoms with Crippen LogP contribution in [-0.4, -0.2) is 13.4 Å². The van der Waals surface area contributed by atoms with Crippen molar-refractivity contribution in [1.82, 2.24) is 4.98 Å². The van der Waals surface area contributed by atoms with Crippen molar-refractivity contribution >= 4 is 60.5 Å². The molecule has 1 heterocycles. The Morgan fingerprint density at radius 2 is 1.85 bits per heavy atom. The predicted molar refractivity (Wildman–Crippen MR) is 83.6 cm³/mol. The number of nitrogens with one attached hydrogen (secondary N) is 1. The fourth-order valence-electron chi connectivity index (χ4n) is 1.49. The molecule has 0 spiro atoms. The number of aromatic nitrogens is 1. The Balaban J connectivity index is 2.50. The summed E-state index contributed by atoms with van der Waals surface area (Å²) in [6.45, 7) is 0. The van der Waals surface area contributed by atoms with Crippen LogP contribution in [0.1, 0.15) is 0 Å². The third kappa shape index (κ3) is 3.17. The number of pyridine rings is 1. The molecular formula is C11H8BrCl2N3O2S. The first-order valence-corrected chi connectivity index (χ1v) is 8.21. The zero-order valence-corrected chi connectivity index (χ0v) is 13.7. The molecule has 3 N–H and O–H groups in total. The SMILES string of the molecule is Nc1cc(Cl)c(S(=O)(=O)Nc2ccncc2Br)c(Cl)c1. The molecular weight excluding hydrogens is 389 g/mol. The summed E-state index contributed by atoms with van der Waals surface area (Å²) in [7, 11) is -3.94. The van der Waals surface area contributed by atoms with E-state index in [0.29, 0.717) is 10.2 Å². The molecule has 106 valence electrons. The van der Waals surface area contributed by atoms with Crippen LogP contribution in [-0.2, 0) is 10.0 Å². The monoisotopic (exact) mass is 395 g/mol. The van der Waals surface area contributed by atoms with Crippen molar-refractivity contribution in [2.45, 2.75) is 4.90 Å². The van der Waals surface area contributed by atoms with Gasteiger partial charge < -0.3 is 5.73 Å². The highest BCUT2D eigenvalue weighted by Crippen LogP contribution is 2.33. The summed E-state index contributed by atoms with van der Waals surface area (Å²) in [6.07, 6.45) is 2.92. The maximum absolute atomic E-state index is 12.3. The Morgan fingerprint density at radius 3 is 2.40 bits per heavy atom. The molecule has 0 unspecified atom stereocenters. The van der Waals surface area contributed by atoms with Crippen molar-refractivity contribution in [3.63, 3.8) is 0 Å². The van der Waals surface area contributed by atoms with Gasteiger partial charge in [0.15, 0.2) is 0 Å². The average Bonchev–Trinajstić information content (AvgIpc) is 2.30. The van der Waals surface area contributed by atoms with Gasteiger partial charge in [-0.25, -0.2) is 8.42 Å². The molecule has 1 aromatic heterocycles. The number of benzene rings is 1. The summed E-state index contributed by atoms with van der Waals surface area (Å²) in [5.41, 5.74) is 6.15. The van der Waals surface area contributed by atoms with Crippen molar-refractivity contribution in [2.24, 2.45) is 0 Å². The van der Waals surface area contributed by atoms with E-state index in [1.54, 1.807) is 0 Å². The molecule has 20 heavy (non-hydrogen) atoms. The van der Waals surface area contributed by atoms with Gasteiger partial charge in [-0.1, -0.05) is 23.2 Å². The lowest BCUT2D eigenvalue weighted by Gasteiger charge is -2.12. The topological polar surface area (TPSA) is 85.1 Å². The third-order valence-corrected chi connectivity index (χ3v) is 5.22. The second-order valence-corrected chi connectivity index (χ2v) is 7.06. The minimum Gasteiger partial charge on any atom is -0.399 e. The molecule has 0 saturated carbocycles. The van der Waals surface area contributed by atoms with Crippen LogP contribution in [0.15, 0.2) is 40.0 Å². The maximum atomic E-state index is 12.3. The van der Waals surface area contributed by atoms with Gasteiger partial charge in [-0.3, -0.25) is 9.71 Å². The molecule has 2 aromatic rings. The number of nitrogens with two attached hydrogens (primary N) is 1. The Bertz CT molecular complexity index is 745. The molecule has 0 radical (unpaired) electrons. The molecule has 0 aliphatic rings. The standard InChI is InChI=1S/C11H8BrCl2N3O2S/c12-7-5-16-2-1-10(7)17-20(18,19)11-8(13)3-6(15)4-9(11)14/h1-5H,15H2,(H,16,17). The molecule has 0 atom stereocenters. The van der Waals surface area contributed by atoms with E-state index in [9.17, 15) is 8.42 Å². The molecule has 2 rings (SSSR count). The smallest absolute Gasteiger partial charge is 0.264 e. The molecule has 0 aliphatic heterocycles. The Kier molecular flexibility index (Phi) is 4.43. The number of hydrogen-bond donors (Lipinski definition) is 2. The fourth-order valence-corrected chi connectivity index (χ4v) is 4.28. The number of nitrogen functional groups attached to an aromatic ring is 1. The molecule has 1 aromatic carbocycles. The minimum atomic E-state index is -3.94. The lowest BCUT2D eigenvalue weighted by Crippen LogP contribution is -2.14. The first-order valence-electron chi connectivity index (χ1n) is 5.18. The zero-order chi connectivity index (χ0) is 14.9.